The second-order valence-electron chi connectivity index (χ2n) is 4.01. The zero-order chi connectivity index (χ0) is 9.90. The summed E-state index contributed by atoms with van der Waals surface area (Å²) in [6.45, 7) is 8.51. The van der Waals surface area contributed by atoms with Gasteiger partial charge in [0.25, 0.3) is 0 Å². The lowest BCUT2D eigenvalue weighted by Gasteiger charge is -2.18. The van der Waals surface area contributed by atoms with Crippen LogP contribution in [0.2, 0.25) is 0 Å². The molecule has 0 aromatic rings. The molecule has 3 nitrogen and oxygen atoms in total. The maximum absolute atomic E-state index is 11.1. The van der Waals surface area contributed by atoms with Crippen molar-refractivity contribution in [3.63, 3.8) is 0 Å². The van der Waals surface area contributed by atoms with E-state index in [1.165, 1.54) is 6.08 Å². The summed E-state index contributed by atoms with van der Waals surface area (Å²) >= 11 is 0. The lowest BCUT2D eigenvalue weighted by molar-refractivity contribution is -0.117. The second-order valence-corrected chi connectivity index (χ2v) is 4.01. The van der Waals surface area contributed by atoms with Crippen molar-refractivity contribution in [3.8, 4) is 0 Å². The van der Waals surface area contributed by atoms with Crippen molar-refractivity contribution in [2.24, 2.45) is 0 Å². The van der Waals surface area contributed by atoms with Gasteiger partial charge in [0, 0.05) is 12.6 Å². The minimum absolute atomic E-state index is 0.0234. The molecule has 0 heterocycles. The van der Waals surface area contributed by atoms with Crippen molar-refractivity contribution in [2.75, 3.05) is 6.54 Å². The van der Waals surface area contributed by atoms with Crippen LogP contribution in [0.3, 0.4) is 0 Å². The van der Waals surface area contributed by atoms with Crippen molar-refractivity contribution in [1.82, 2.24) is 10.6 Å². The van der Waals surface area contributed by atoms with E-state index in [9.17, 15) is 4.79 Å². The fraction of sp³-hybridized carbons (Fsp3) is 0.700. The molecule has 0 radical (unpaired) electrons. The van der Waals surface area contributed by atoms with Gasteiger partial charge < -0.3 is 10.6 Å². The Kier molecular flexibility index (Phi) is 3.09. The molecule has 0 bridgehead atoms. The van der Waals surface area contributed by atoms with E-state index in [-0.39, 0.29) is 11.4 Å². The Balaban J connectivity index is 2.30. The normalized spacial score (nSPS) is 18.4. The molecular formula is C10H18N2O. The van der Waals surface area contributed by atoms with E-state index in [2.05, 4.69) is 31.1 Å². The molecule has 74 valence electrons. The van der Waals surface area contributed by atoms with Gasteiger partial charge in [0.05, 0.1) is 5.54 Å². The SMILES string of the molecule is C=CC(=O)NC1(CNC(C)C)CC1. The number of carbonyl (C=O) groups is 1. The average Bonchev–Trinajstić information content (AvgIpc) is 2.82. The molecule has 1 saturated carbocycles. The lowest BCUT2D eigenvalue weighted by Crippen LogP contribution is -2.45. The second kappa shape index (κ2) is 3.92. The Labute approximate surface area is 79.6 Å². The molecule has 1 rings (SSSR count). The summed E-state index contributed by atoms with van der Waals surface area (Å²) in [5.74, 6) is -0.0666. The van der Waals surface area contributed by atoms with Gasteiger partial charge in [0.2, 0.25) is 5.91 Å². The Morgan fingerprint density at radius 1 is 1.62 bits per heavy atom. The van der Waals surface area contributed by atoms with Crippen LogP contribution in [0.5, 0.6) is 0 Å². The molecule has 0 aromatic heterocycles. The van der Waals surface area contributed by atoms with Crippen LogP contribution in [-0.4, -0.2) is 24.0 Å². The van der Waals surface area contributed by atoms with Gasteiger partial charge in [-0.3, -0.25) is 4.79 Å². The molecule has 1 aliphatic carbocycles. The van der Waals surface area contributed by atoms with Gasteiger partial charge in [-0.2, -0.15) is 0 Å². The van der Waals surface area contributed by atoms with E-state index in [1.54, 1.807) is 0 Å². The summed E-state index contributed by atoms with van der Waals surface area (Å²) in [7, 11) is 0. The van der Waals surface area contributed by atoms with E-state index < -0.39 is 0 Å². The largest absolute Gasteiger partial charge is 0.346 e. The van der Waals surface area contributed by atoms with Crippen molar-refractivity contribution in [2.45, 2.75) is 38.3 Å². The van der Waals surface area contributed by atoms with Crippen molar-refractivity contribution in [3.05, 3.63) is 12.7 Å². The van der Waals surface area contributed by atoms with Crippen LogP contribution in [0.15, 0.2) is 12.7 Å². The molecular weight excluding hydrogens is 164 g/mol. The molecule has 3 heteroatoms. The van der Waals surface area contributed by atoms with Crippen molar-refractivity contribution < 1.29 is 4.79 Å². The minimum Gasteiger partial charge on any atom is -0.346 e. The predicted molar refractivity (Wildman–Crippen MR) is 53.4 cm³/mol. The number of hydrogen-bond acceptors (Lipinski definition) is 2. The van der Waals surface area contributed by atoms with Crippen LogP contribution < -0.4 is 10.6 Å². The van der Waals surface area contributed by atoms with E-state index in [1.807, 2.05) is 0 Å². The third kappa shape index (κ3) is 3.19. The topological polar surface area (TPSA) is 41.1 Å². The van der Waals surface area contributed by atoms with E-state index in [4.69, 9.17) is 0 Å². The number of hydrogen-bond donors (Lipinski definition) is 2. The van der Waals surface area contributed by atoms with Gasteiger partial charge in [-0.1, -0.05) is 20.4 Å². The number of nitrogens with one attached hydrogen (secondary N) is 2. The summed E-state index contributed by atoms with van der Waals surface area (Å²) in [4.78, 5) is 11.1. The molecule has 0 aromatic carbocycles. The summed E-state index contributed by atoms with van der Waals surface area (Å²) in [5, 5.41) is 6.28. The predicted octanol–water partition coefficient (Wildman–Crippen LogP) is 0.819. The van der Waals surface area contributed by atoms with Gasteiger partial charge in [-0.25, -0.2) is 0 Å². The third-order valence-corrected chi connectivity index (χ3v) is 2.28. The van der Waals surface area contributed by atoms with E-state index in [0.29, 0.717) is 6.04 Å². The van der Waals surface area contributed by atoms with Crippen LogP contribution in [0.1, 0.15) is 26.7 Å². The quantitative estimate of drug-likeness (QED) is 0.618. The molecule has 1 aliphatic rings. The van der Waals surface area contributed by atoms with E-state index >= 15 is 0 Å². The Hall–Kier alpha value is -0.830. The number of rotatable bonds is 5. The van der Waals surface area contributed by atoms with Crippen LogP contribution in [0.25, 0.3) is 0 Å². The molecule has 0 spiro atoms. The highest BCUT2D eigenvalue weighted by molar-refractivity contribution is 5.87. The van der Waals surface area contributed by atoms with Crippen LogP contribution in [-0.2, 0) is 4.79 Å². The minimum atomic E-state index is -0.0666. The highest BCUT2D eigenvalue weighted by Crippen LogP contribution is 2.34. The van der Waals surface area contributed by atoms with E-state index in [0.717, 1.165) is 19.4 Å². The Morgan fingerprint density at radius 2 is 2.23 bits per heavy atom. The molecule has 1 fully saturated rings. The molecule has 0 unspecified atom stereocenters. The molecule has 0 aliphatic heterocycles. The fourth-order valence-electron chi connectivity index (χ4n) is 1.21. The zero-order valence-corrected chi connectivity index (χ0v) is 8.39. The molecule has 0 saturated heterocycles. The first-order chi connectivity index (χ1) is 6.08. The van der Waals surface area contributed by atoms with Crippen molar-refractivity contribution >= 4 is 5.91 Å². The average molecular weight is 182 g/mol. The first-order valence-electron chi connectivity index (χ1n) is 4.76. The zero-order valence-electron chi connectivity index (χ0n) is 8.39. The van der Waals surface area contributed by atoms with Gasteiger partial charge in [-0.15, -0.1) is 0 Å². The summed E-state index contributed by atoms with van der Waals surface area (Å²) in [6.07, 6.45) is 3.48. The van der Waals surface area contributed by atoms with Gasteiger partial charge in [0.1, 0.15) is 0 Å². The molecule has 0 atom stereocenters. The van der Waals surface area contributed by atoms with Crippen LogP contribution >= 0.6 is 0 Å². The third-order valence-electron chi connectivity index (χ3n) is 2.28. The fourth-order valence-corrected chi connectivity index (χ4v) is 1.21. The summed E-state index contributed by atoms with van der Waals surface area (Å²) < 4.78 is 0. The van der Waals surface area contributed by atoms with Crippen molar-refractivity contribution in [1.29, 1.82) is 0 Å². The van der Waals surface area contributed by atoms with Gasteiger partial charge in [0.15, 0.2) is 0 Å². The maximum atomic E-state index is 11.1. The summed E-state index contributed by atoms with van der Waals surface area (Å²) in [6, 6.07) is 0.470. The molecule has 13 heavy (non-hydrogen) atoms. The highest BCUT2D eigenvalue weighted by atomic mass is 16.1. The lowest BCUT2D eigenvalue weighted by atomic mass is 10.2. The van der Waals surface area contributed by atoms with Gasteiger partial charge >= 0.3 is 0 Å². The Bertz CT molecular complexity index is 207. The van der Waals surface area contributed by atoms with Gasteiger partial charge in [-0.05, 0) is 18.9 Å². The number of amides is 1. The summed E-state index contributed by atoms with van der Waals surface area (Å²) in [5.41, 5.74) is 0.0234. The maximum Gasteiger partial charge on any atom is 0.243 e. The molecule has 1 amide bonds. The first-order valence-corrected chi connectivity index (χ1v) is 4.76. The number of carbonyl (C=O) groups excluding carboxylic acids is 1. The standard InChI is InChI=1S/C10H18N2O/c1-4-9(13)12-10(5-6-10)7-11-8(2)3/h4,8,11H,1,5-7H2,2-3H3,(H,12,13). The Morgan fingerprint density at radius 3 is 2.62 bits per heavy atom. The smallest absolute Gasteiger partial charge is 0.243 e. The van der Waals surface area contributed by atoms with Crippen LogP contribution in [0.4, 0.5) is 0 Å². The monoisotopic (exact) mass is 182 g/mol. The van der Waals surface area contributed by atoms with Crippen LogP contribution in [0, 0.1) is 0 Å². The first kappa shape index (κ1) is 10.3. The highest BCUT2D eigenvalue weighted by Gasteiger charge is 2.43. The molecule has 2 N–H and O–H groups in total.